The first-order chi connectivity index (χ1) is 12.5. The second-order valence-corrected chi connectivity index (χ2v) is 6.50. The van der Waals surface area contributed by atoms with Gasteiger partial charge in [0.05, 0.1) is 11.1 Å². The molecule has 134 valence electrons. The number of halogens is 1. The van der Waals surface area contributed by atoms with Crippen LogP contribution in [0.4, 0.5) is 5.69 Å². The summed E-state index contributed by atoms with van der Waals surface area (Å²) in [6.07, 6.45) is 0.0492. The minimum Gasteiger partial charge on any atom is -0.491 e. The number of carbonyl (C=O) groups excluding carboxylic acids is 1. The zero-order valence-electron chi connectivity index (χ0n) is 14.7. The summed E-state index contributed by atoms with van der Waals surface area (Å²) in [5.74, 6) is 0.790. The van der Waals surface area contributed by atoms with Crippen LogP contribution in [0.15, 0.2) is 53.1 Å². The number of anilines is 1. The molecule has 1 heterocycles. The largest absolute Gasteiger partial charge is 0.491 e. The van der Waals surface area contributed by atoms with E-state index < -0.39 is 0 Å². The van der Waals surface area contributed by atoms with Gasteiger partial charge in [0, 0.05) is 17.3 Å². The van der Waals surface area contributed by atoms with Gasteiger partial charge in [-0.2, -0.15) is 0 Å². The molecule has 26 heavy (non-hydrogen) atoms. The fourth-order valence-corrected chi connectivity index (χ4v) is 2.81. The molecule has 1 amide bonds. The van der Waals surface area contributed by atoms with Crippen LogP contribution in [0, 0.1) is 6.92 Å². The lowest BCUT2D eigenvalue weighted by atomic mass is 10.1. The number of hydrogen-bond acceptors (Lipinski definition) is 4. The van der Waals surface area contributed by atoms with Crippen molar-refractivity contribution in [3.63, 3.8) is 0 Å². The Kier molecular flexibility index (Phi) is 5.28. The Labute approximate surface area is 156 Å². The molecule has 0 atom stereocenters. The molecule has 0 aliphatic heterocycles. The number of carbonyl (C=O) groups is 1. The van der Waals surface area contributed by atoms with Crippen LogP contribution in [0.3, 0.4) is 0 Å². The van der Waals surface area contributed by atoms with E-state index in [9.17, 15) is 4.79 Å². The average Bonchev–Trinajstić information content (AvgIpc) is 2.96. The van der Waals surface area contributed by atoms with Crippen LogP contribution in [0.5, 0.6) is 5.75 Å². The topological polar surface area (TPSA) is 64.4 Å². The molecule has 6 heteroatoms. The van der Waals surface area contributed by atoms with Gasteiger partial charge in [-0.05, 0) is 39.0 Å². The molecular formula is C20H19ClN2O3. The molecule has 0 fully saturated rings. The third-order valence-corrected chi connectivity index (χ3v) is 4.01. The van der Waals surface area contributed by atoms with E-state index in [1.165, 1.54) is 0 Å². The molecule has 0 radical (unpaired) electrons. The Balaban J connectivity index is 1.90. The molecule has 0 saturated heterocycles. The monoisotopic (exact) mass is 370 g/mol. The number of ether oxygens (including phenoxy) is 1. The van der Waals surface area contributed by atoms with Crippen molar-refractivity contribution in [2.75, 3.05) is 5.32 Å². The van der Waals surface area contributed by atoms with Crippen molar-refractivity contribution in [2.45, 2.75) is 26.9 Å². The number of rotatable bonds is 5. The van der Waals surface area contributed by atoms with Crippen molar-refractivity contribution >= 4 is 23.2 Å². The van der Waals surface area contributed by atoms with Crippen molar-refractivity contribution in [3.8, 4) is 17.0 Å². The Morgan fingerprint density at radius 1 is 1.19 bits per heavy atom. The Morgan fingerprint density at radius 2 is 1.96 bits per heavy atom. The lowest BCUT2D eigenvalue weighted by Gasteiger charge is -2.11. The Bertz CT molecular complexity index is 934. The summed E-state index contributed by atoms with van der Waals surface area (Å²) in [4.78, 5) is 12.8. The van der Waals surface area contributed by atoms with E-state index in [0.717, 1.165) is 0 Å². The summed E-state index contributed by atoms with van der Waals surface area (Å²) < 4.78 is 10.9. The minimum absolute atomic E-state index is 0.0492. The minimum atomic E-state index is -0.319. The van der Waals surface area contributed by atoms with Gasteiger partial charge in [-0.15, -0.1) is 0 Å². The normalized spacial score (nSPS) is 10.8. The van der Waals surface area contributed by atoms with Gasteiger partial charge in [0.2, 0.25) is 0 Å². The SMILES string of the molecule is Cc1onc(-c2ccccc2Cl)c1C(=O)Nc1cccc(OC(C)C)c1. The number of nitrogens with one attached hydrogen (secondary N) is 1. The molecule has 3 aromatic rings. The molecule has 0 saturated carbocycles. The number of hydrogen-bond donors (Lipinski definition) is 1. The molecule has 2 aromatic carbocycles. The van der Waals surface area contributed by atoms with Gasteiger partial charge in [0.25, 0.3) is 5.91 Å². The van der Waals surface area contributed by atoms with Crippen LogP contribution in [-0.4, -0.2) is 17.2 Å². The summed E-state index contributed by atoms with van der Waals surface area (Å²) in [5.41, 5.74) is 2.04. The molecule has 0 unspecified atom stereocenters. The van der Waals surface area contributed by atoms with Crippen LogP contribution in [0.2, 0.25) is 5.02 Å². The summed E-state index contributed by atoms with van der Waals surface area (Å²) in [5, 5.41) is 7.39. The number of amides is 1. The van der Waals surface area contributed by atoms with E-state index in [2.05, 4.69) is 10.5 Å². The maximum absolute atomic E-state index is 12.8. The van der Waals surface area contributed by atoms with E-state index in [4.69, 9.17) is 20.9 Å². The second-order valence-electron chi connectivity index (χ2n) is 6.09. The van der Waals surface area contributed by atoms with Crippen LogP contribution < -0.4 is 10.1 Å². The van der Waals surface area contributed by atoms with Gasteiger partial charge >= 0.3 is 0 Å². The van der Waals surface area contributed by atoms with Gasteiger partial charge in [-0.1, -0.05) is 41.0 Å². The summed E-state index contributed by atoms with van der Waals surface area (Å²) in [7, 11) is 0. The molecule has 5 nitrogen and oxygen atoms in total. The number of benzene rings is 2. The van der Waals surface area contributed by atoms with Crippen molar-refractivity contribution in [3.05, 3.63) is 64.9 Å². The van der Waals surface area contributed by atoms with Crippen molar-refractivity contribution < 1.29 is 14.1 Å². The zero-order chi connectivity index (χ0) is 18.7. The molecule has 0 spiro atoms. The molecule has 1 N–H and O–H groups in total. The number of nitrogens with zero attached hydrogens (tertiary/aromatic N) is 1. The third-order valence-electron chi connectivity index (χ3n) is 3.68. The van der Waals surface area contributed by atoms with Crippen LogP contribution in [0.1, 0.15) is 30.0 Å². The summed E-state index contributed by atoms with van der Waals surface area (Å²) in [6.45, 7) is 5.59. The maximum Gasteiger partial charge on any atom is 0.261 e. The smallest absolute Gasteiger partial charge is 0.261 e. The van der Waals surface area contributed by atoms with Gasteiger partial charge < -0.3 is 14.6 Å². The van der Waals surface area contributed by atoms with Crippen molar-refractivity contribution in [1.29, 1.82) is 0 Å². The standard InChI is InChI=1S/C20H19ClN2O3/c1-12(2)25-15-8-6-7-14(11-15)22-20(24)18-13(3)26-23-19(18)16-9-4-5-10-17(16)21/h4-12H,1-3H3,(H,22,24). The molecule has 0 bridgehead atoms. The average molecular weight is 371 g/mol. The van der Waals surface area contributed by atoms with Crippen molar-refractivity contribution in [2.24, 2.45) is 0 Å². The Morgan fingerprint density at radius 3 is 2.69 bits per heavy atom. The lowest BCUT2D eigenvalue weighted by Crippen LogP contribution is -2.14. The van der Waals surface area contributed by atoms with Crippen molar-refractivity contribution in [1.82, 2.24) is 5.16 Å². The Hall–Kier alpha value is -2.79. The third kappa shape index (κ3) is 3.89. The zero-order valence-corrected chi connectivity index (χ0v) is 15.5. The molecule has 3 rings (SSSR count). The molecule has 0 aliphatic rings. The van der Waals surface area contributed by atoms with Gasteiger partial charge in [-0.3, -0.25) is 4.79 Å². The van der Waals surface area contributed by atoms with Crippen LogP contribution in [-0.2, 0) is 0 Å². The first kappa shape index (κ1) is 18.0. The van der Waals surface area contributed by atoms with E-state index in [1.54, 1.807) is 31.2 Å². The second kappa shape index (κ2) is 7.62. The highest BCUT2D eigenvalue weighted by Crippen LogP contribution is 2.31. The van der Waals surface area contributed by atoms with Gasteiger partial charge in [-0.25, -0.2) is 0 Å². The molecule has 1 aromatic heterocycles. The maximum atomic E-state index is 12.8. The summed E-state index contributed by atoms with van der Waals surface area (Å²) in [6, 6.07) is 14.4. The first-order valence-corrected chi connectivity index (χ1v) is 8.62. The fraction of sp³-hybridized carbons (Fsp3) is 0.200. The van der Waals surface area contributed by atoms with E-state index in [0.29, 0.717) is 39.0 Å². The first-order valence-electron chi connectivity index (χ1n) is 8.25. The van der Waals surface area contributed by atoms with Gasteiger partial charge in [0.1, 0.15) is 22.8 Å². The molecular weight excluding hydrogens is 352 g/mol. The van der Waals surface area contributed by atoms with Crippen LogP contribution in [0.25, 0.3) is 11.3 Å². The number of aryl methyl sites for hydroxylation is 1. The number of aromatic nitrogens is 1. The lowest BCUT2D eigenvalue weighted by molar-refractivity contribution is 0.102. The van der Waals surface area contributed by atoms with E-state index in [-0.39, 0.29) is 12.0 Å². The highest BCUT2D eigenvalue weighted by Gasteiger charge is 2.23. The summed E-state index contributed by atoms with van der Waals surface area (Å²) >= 11 is 6.24. The van der Waals surface area contributed by atoms with Crippen LogP contribution >= 0.6 is 11.6 Å². The molecule has 0 aliphatic carbocycles. The predicted octanol–water partition coefficient (Wildman–Crippen LogP) is 5.34. The fourth-order valence-electron chi connectivity index (χ4n) is 2.59. The highest BCUT2D eigenvalue weighted by atomic mass is 35.5. The predicted molar refractivity (Wildman–Crippen MR) is 102 cm³/mol. The van der Waals surface area contributed by atoms with Gasteiger partial charge in [0.15, 0.2) is 0 Å². The highest BCUT2D eigenvalue weighted by molar-refractivity contribution is 6.33. The van der Waals surface area contributed by atoms with E-state index in [1.807, 2.05) is 38.1 Å². The van der Waals surface area contributed by atoms with E-state index >= 15 is 0 Å². The quantitative estimate of drug-likeness (QED) is 0.658.